The Morgan fingerprint density at radius 1 is 1.35 bits per heavy atom. The zero-order valence-electron chi connectivity index (χ0n) is 11.3. The topological polar surface area (TPSA) is 79.4 Å². The summed E-state index contributed by atoms with van der Waals surface area (Å²) in [5.41, 5.74) is 6.20. The van der Waals surface area contributed by atoms with Crippen LogP contribution in [0.5, 0.6) is 5.75 Å². The van der Waals surface area contributed by atoms with Gasteiger partial charge in [0.1, 0.15) is 11.6 Å². The van der Waals surface area contributed by atoms with E-state index in [1.165, 1.54) is 0 Å². The van der Waals surface area contributed by atoms with Gasteiger partial charge < -0.3 is 19.8 Å². The minimum absolute atomic E-state index is 0.121. The van der Waals surface area contributed by atoms with Gasteiger partial charge in [-0.3, -0.25) is 0 Å². The summed E-state index contributed by atoms with van der Waals surface area (Å²) in [5, 5.41) is 0. The number of carbonyl (C=O) groups excluding carboxylic acids is 1. The van der Waals surface area contributed by atoms with E-state index in [4.69, 9.17) is 15.2 Å². The standard InChI is InChI=1S/C14H17N3O3/c1-17-8-7-16-13(17)6-9-19-14(18)10-20-12-4-2-11(15)3-5-12/h2-5,7-8H,6,9-10,15H2,1H3. The van der Waals surface area contributed by atoms with Gasteiger partial charge in [0.25, 0.3) is 0 Å². The highest BCUT2D eigenvalue weighted by Gasteiger charge is 2.06. The molecule has 0 aliphatic heterocycles. The fraction of sp³-hybridized carbons (Fsp3) is 0.286. The summed E-state index contributed by atoms with van der Waals surface area (Å²) in [4.78, 5) is 15.6. The number of esters is 1. The molecule has 1 heterocycles. The minimum atomic E-state index is -0.406. The van der Waals surface area contributed by atoms with E-state index in [0.717, 1.165) is 5.82 Å². The van der Waals surface area contributed by atoms with Crippen molar-refractivity contribution in [1.29, 1.82) is 0 Å². The van der Waals surface area contributed by atoms with Crippen LogP contribution in [0.1, 0.15) is 5.82 Å². The van der Waals surface area contributed by atoms with Crippen LogP contribution in [0.4, 0.5) is 5.69 Å². The van der Waals surface area contributed by atoms with Crippen molar-refractivity contribution >= 4 is 11.7 Å². The molecule has 0 radical (unpaired) electrons. The maximum absolute atomic E-state index is 11.5. The number of aromatic nitrogens is 2. The number of hydrogen-bond acceptors (Lipinski definition) is 5. The van der Waals surface area contributed by atoms with Crippen LogP contribution in [-0.4, -0.2) is 28.7 Å². The molecule has 0 atom stereocenters. The largest absolute Gasteiger partial charge is 0.482 e. The molecule has 6 heteroatoms. The molecule has 20 heavy (non-hydrogen) atoms. The van der Waals surface area contributed by atoms with Gasteiger partial charge in [-0.1, -0.05) is 0 Å². The van der Waals surface area contributed by atoms with E-state index in [1.807, 2.05) is 17.8 Å². The molecule has 6 nitrogen and oxygen atoms in total. The summed E-state index contributed by atoms with van der Waals surface area (Å²) in [5.74, 6) is 1.05. The Labute approximate surface area is 117 Å². The lowest BCUT2D eigenvalue weighted by Gasteiger charge is -2.07. The van der Waals surface area contributed by atoms with E-state index in [2.05, 4.69) is 4.98 Å². The van der Waals surface area contributed by atoms with Gasteiger partial charge in [-0.2, -0.15) is 0 Å². The van der Waals surface area contributed by atoms with E-state index in [9.17, 15) is 4.79 Å². The zero-order chi connectivity index (χ0) is 14.4. The van der Waals surface area contributed by atoms with Gasteiger partial charge >= 0.3 is 5.97 Å². The molecule has 1 aromatic carbocycles. The van der Waals surface area contributed by atoms with Crippen molar-refractivity contribution in [2.24, 2.45) is 7.05 Å². The molecular formula is C14H17N3O3. The first kappa shape index (κ1) is 13.9. The molecule has 2 aromatic rings. The molecule has 0 aliphatic carbocycles. The fourth-order valence-corrected chi connectivity index (χ4v) is 1.64. The van der Waals surface area contributed by atoms with Gasteiger partial charge in [0.2, 0.25) is 0 Å². The van der Waals surface area contributed by atoms with Crippen LogP contribution in [-0.2, 0) is 23.0 Å². The van der Waals surface area contributed by atoms with Crippen LogP contribution >= 0.6 is 0 Å². The number of ether oxygens (including phenoxy) is 2. The first-order valence-electron chi connectivity index (χ1n) is 6.25. The third-order valence-electron chi connectivity index (χ3n) is 2.75. The van der Waals surface area contributed by atoms with Crippen LogP contribution in [0, 0.1) is 0 Å². The lowest BCUT2D eigenvalue weighted by Crippen LogP contribution is -2.17. The van der Waals surface area contributed by atoms with Crippen molar-refractivity contribution in [1.82, 2.24) is 9.55 Å². The first-order valence-corrected chi connectivity index (χ1v) is 6.25. The highest BCUT2D eigenvalue weighted by molar-refractivity contribution is 5.71. The van der Waals surface area contributed by atoms with Crippen molar-refractivity contribution in [2.45, 2.75) is 6.42 Å². The van der Waals surface area contributed by atoms with E-state index in [1.54, 1.807) is 30.5 Å². The average Bonchev–Trinajstić information content (AvgIpc) is 2.84. The monoisotopic (exact) mass is 275 g/mol. The van der Waals surface area contributed by atoms with Crippen LogP contribution in [0.15, 0.2) is 36.7 Å². The van der Waals surface area contributed by atoms with Crippen LogP contribution in [0.25, 0.3) is 0 Å². The minimum Gasteiger partial charge on any atom is -0.482 e. The number of aryl methyl sites for hydroxylation is 1. The van der Waals surface area contributed by atoms with Crippen molar-refractivity contribution in [2.75, 3.05) is 18.9 Å². The van der Waals surface area contributed by atoms with Gasteiger partial charge in [0, 0.05) is 31.5 Å². The predicted octanol–water partition coefficient (Wildman–Crippen LogP) is 1.17. The van der Waals surface area contributed by atoms with Crippen LogP contribution in [0.3, 0.4) is 0 Å². The van der Waals surface area contributed by atoms with E-state index < -0.39 is 5.97 Å². The molecule has 2 N–H and O–H groups in total. The van der Waals surface area contributed by atoms with E-state index in [-0.39, 0.29) is 13.2 Å². The summed E-state index contributed by atoms with van der Waals surface area (Å²) < 4.78 is 12.2. The normalized spacial score (nSPS) is 10.2. The number of benzene rings is 1. The lowest BCUT2D eigenvalue weighted by molar-refractivity contribution is -0.145. The molecular weight excluding hydrogens is 258 g/mol. The summed E-state index contributed by atoms with van der Waals surface area (Å²) in [6.07, 6.45) is 4.14. The van der Waals surface area contributed by atoms with Gasteiger partial charge in [-0.15, -0.1) is 0 Å². The van der Waals surface area contributed by atoms with Gasteiger partial charge in [-0.05, 0) is 24.3 Å². The Hall–Kier alpha value is -2.50. The first-order chi connectivity index (χ1) is 9.65. The fourth-order valence-electron chi connectivity index (χ4n) is 1.64. The maximum atomic E-state index is 11.5. The Balaban J connectivity index is 1.68. The molecule has 0 fully saturated rings. The summed E-state index contributed by atoms with van der Waals surface area (Å²) >= 11 is 0. The molecule has 2 rings (SSSR count). The summed E-state index contributed by atoms with van der Waals surface area (Å²) in [6.45, 7) is 0.166. The second-order valence-electron chi connectivity index (χ2n) is 4.28. The maximum Gasteiger partial charge on any atom is 0.344 e. The third kappa shape index (κ3) is 4.01. The molecule has 0 unspecified atom stereocenters. The number of imidazole rings is 1. The lowest BCUT2D eigenvalue weighted by atomic mass is 10.3. The van der Waals surface area contributed by atoms with E-state index in [0.29, 0.717) is 17.9 Å². The predicted molar refractivity (Wildman–Crippen MR) is 74.2 cm³/mol. The van der Waals surface area contributed by atoms with Gasteiger partial charge in [0.15, 0.2) is 6.61 Å². The highest BCUT2D eigenvalue weighted by Crippen LogP contribution is 2.12. The quantitative estimate of drug-likeness (QED) is 0.632. The van der Waals surface area contributed by atoms with Gasteiger partial charge in [0.05, 0.1) is 6.61 Å². The average molecular weight is 275 g/mol. The second kappa shape index (κ2) is 6.60. The summed E-state index contributed by atoms with van der Waals surface area (Å²) in [7, 11) is 1.90. The molecule has 0 bridgehead atoms. The van der Waals surface area contributed by atoms with Crippen molar-refractivity contribution in [3.05, 3.63) is 42.5 Å². The zero-order valence-corrected chi connectivity index (χ0v) is 11.3. The van der Waals surface area contributed by atoms with Crippen LogP contribution in [0.2, 0.25) is 0 Å². The summed E-state index contributed by atoms with van der Waals surface area (Å²) in [6, 6.07) is 6.83. The smallest absolute Gasteiger partial charge is 0.344 e. The number of anilines is 1. The third-order valence-corrected chi connectivity index (χ3v) is 2.75. The van der Waals surface area contributed by atoms with Crippen LogP contribution < -0.4 is 10.5 Å². The Kier molecular flexibility index (Phi) is 4.60. The molecule has 1 aromatic heterocycles. The number of rotatable bonds is 6. The number of hydrogen-bond donors (Lipinski definition) is 1. The van der Waals surface area contributed by atoms with E-state index >= 15 is 0 Å². The highest BCUT2D eigenvalue weighted by atomic mass is 16.6. The molecule has 0 aliphatic rings. The Bertz CT molecular complexity index is 563. The number of nitrogens with zero attached hydrogens (tertiary/aromatic N) is 2. The van der Waals surface area contributed by atoms with Crippen molar-refractivity contribution in [3.8, 4) is 5.75 Å². The SMILES string of the molecule is Cn1ccnc1CCOC(=O)COc1ccc(N)cc1. The second-order valence-corrected chi connectivity index (χ2v) is 4.28. The molecule has 0 amide bonds. The number of nitrogens with two attached hydrogens (primary N) is 1. The Morgan fingerprint density at radius 2 is 2.10 bits per heavy atom. The van der Waals surface area contributed by atoms with Crippen molar-refractivity contribution in [3.63, 3.8) is 0 Å². The van der Waals surface area contributed by atoms with Gasteiger partial charge in [-0.25, -0.2) is 9.78 Å². The molecule has 0 saturated carbocycles. The van der Waals surface area contributed by atoms with Crippen molar-refractivity contribution < 1.29 is 14.3 Å². The molecule has 0 spiro atoms. The number of nitrogen functional groups attached to an aromatic ring is 1. The molecule has 0 saturated heterocycles. The Morgan fingerprint density at radius 3 is 2.75 bits per heavy atom. The number of carbonyl (C=O) groups is 1. The molecule has 106 valence electrons.